The number of guanidine groups is 1. The Labute approximate surface area is 129 Å². The average molecular weight is 296 g/mol. The van der Waals surface area contributed by atoms with E-state index in [4.69, 9.17) is 4.99 Å². The first kappa shape index (κ1) is 16.6. The molecule has 122 valence electrons. The lowest BCUT2D eigenvalue weighted by Gasteiger charge is -2.27. The van der Waals surface area contributed by atoms with E-state index in [1.54, 1.807) is 0 Å². The Hall–Kier alpha value is -0.810. The van der Waals surface area contributed by atoms with Gasteiger partial charge in [-0.05, 0) is 58.0 Å². The molecule has 1 saturated heterocycles. The molecule has 2 rings (SSSR count). The molecule has 1 aliphatic carbocycles. The zero-order valence-electron chi connectivity index (χ0n) is 13.6. The van der Waals surface area contributed by atoms with Gasteiger partial charge in [-0.25, -0.2) is 0 Å². The molecule has 0 aromatic heterocycles. The van der Waals surface area contributed by atoms with Crippen LogP contribution in [0.15, 0.2) is 4.99 Å². The third-order valence-electron chi connectivity index (χ3n) is 4.71. The lowest BCUT2D eigenvalue weighted by Crippen LogP contribution is -2.45. The Balaban J connectivity index is 1.79. The van der Waals surface area contributed by atoms with E-state index in [1.807, 2.05) is 0 Å². The zero-order valence-corrected chi connectivity index (χ0v) is 13.6. The second-order valence-corrected chi connectivity index (χ2v) is 6.42. The van der Waals surface area contributed by atoms with Crippen LogP contribution in [0.4, 0.5) is 0 Å². The van der Waals surface area contributed by atoms with Gasteiger partial charge in [0, 0.05) is 25.7 Å². The first-order valence-electron chi connectivity index (χ1n) is 8.66. The van der Waals surface area contributed by atoms with Crippen molar-refractivity contribution in [3.8, 4) is 0 Å². The lowest BCUT2D eigenvalue weighted by atomic mass is 9.93. The molecule has 1 heterocycles. The molecule has 1 aliphatic heterocycles. The zero-order chi connectivity index (χ0) is 15.1. The quantitative estimate of drug-likeness (QED) is 0.527. The maximum Gasteiger partial charge on any atom is 0.191 e. The van der Waals surface area contributed by atoms with Gasteiger partial charge in [-0.3, -0.25) is 4.99 Å². The molecule has 2 fully saturated rings. The highest BCUT2D eigenvalue weighted by Crippen LogP contribution is 2.18. The van der Waals surface area contributed by atoms with E-state index in [0.29, 0.717) is 12.0 Å². The molecule has 0 aromatic rings. The highest BCUT2D eigenvalue weighted by Gasteiger charge is 2.22. The summed E-state index contributed by atoms with van der Waals surface area (Å²) in [7, 11) is 0. The second-order valence-electron chi connectivity index (χ2n) is 6.42. The number of rotatable bonds is 5. The Kier molecular flexibility index (Phi) is 6.77. The molecule has 0 bridgehead atoms. The molecular weight excluding hydrogens is 264 g/mol. The molecule has 21 heavy (non-hydrogen) atoms. The van der Waals surface area contributed by atoms with Crippen molar-refractivity contribution in [3.05, 3.63) is 0 Å². The second kappa shape index (κ2) is 8.59. The van der Waals surface area contributed by atoms with E-state index in [0.717, 1.165) is 51.3 Å². The van der Waals surface area contributed by atoms with Crippen LogP contribution in [0, 0.1) is 5.92 Å². The fraction of sp³-hybridized carbons (Fsp3) is 0.938. The maximum absolute atomic E-state index is 9.58. The van der Waals surface area contributed by atoms with Crippen LogP contribution in [0.3, 0.4) is 0 Å². The SMILES string of the molecule is CCNC(=NCC1CCN(CC)C1)NC1CCC(O)CC1. The summed E-state index contributed by atoms with van der Waals surface area (Å²) < 4.78 is 0. The highest BCUT2D eigenvalue weighted by atomic mass is 16.3. The monoisotopic (exact) mass is 296 g/mol. The van der Waals surface area contributed by atoms with Gasteiger partial charge in [0.05, 0.1) is 6.10 Å². The van der Waals surface area contributed by atoms with E-state index < -0.39 is 0 Å². The van der Waals surface area contributed by atoms with Crippen molar-refractivity contribution in [3.63, 3.8) is 0 Å². The van der Waals surface area contributed by atoms with Gasteiger partial charge in [-0.1, -0.05) is 6.92 Å². The molecule has 0 radical (unpaired) electrons. The number of nitrogens with one attached hydrogen (secondary N) is 2. The predicted octanol–water partition coefficient (Wildman–Crippen LogP) is 1.19. The minimum absolute atomic E-state index is 0.0962. The third-order valence-corrected chi connectivity index (χ3v) is 4.71. The van der Waals surface area contributed by atoms with E-state index >= 15 is 0 Å². The molecule has 2 aliphatic rings. The molecule has 3 N–H and O–H groups in total. The van der Waals surface area contributed by atoms with Gasteiger partial charge >= 0.3 is 0 Å². The highest BCUT2D eigenvalue weighted by molar-refractivity contribution is 5.80. The van der Waals surface area contributed by atoms with Crippen molar-refractivity contribution < 1.29 is 5.11 Å². The predicted molar refractivity (Wildman–Crippen MR) is 87.6 cm³/mol. The first-order chi connectivity index (χ1) is 10.2. The minimum Gasteiger partial charge on any atom is -0.393 e. The van der Waals surface area contributed by atoms with E-state index in [9.17, 15) is 5.11 Å². The number of likely N-dealkylation sites (tertiary alicyclic amines) is 1. The fourth-order valence-corrected chi connectivity index (χ4v) is 3.30. The van der Waals surface area contributed by atoms with Crippen LogP contribution in [0.1, 0.15) is 46.0 Å². The Morgan fingerprint density at radius 1 is 1.19 bits per heavy atom. The van der Waals surface area contributed by atoms with Crippen LogP contribution in [0.25, 0.3) is 0 Å². The molecule has 1 unspecified atom stereocenters. The summed E-state index contributed by atoms with van der Waals surface area (Å²) in [6, 6.07) is 0.460. The number of aliphatic hydroxyl groups excluding tert-OH is 1. The molecule has 1 atom stereocenters. The van der Waals surface area contributed by atoms with Crippen molar-refractivity contribution in [1.29, 1.82) is 0 Å². The van der Waals surface area contributed by atoms with Crippen LogP contribution in [-0.2, 0) is 0 Å². The maximum atomic E-state index is 9.58. The molecule has 0 amide bonds. The molecular formula is C16H32N4O. The summed E-state index contributed by atoms with van der Waals surface area (Å²) in [4.78, 5) is 7.29. The number of hydrogen-bond donors (Lipinski definition) is 3. The van der Waals surface area contributed by atoms with Crippen LogP contribution in [0.5, 0.6) is 0 Å². The summed E-state index contributed by atoms with van der Waals surface area (Å²) in [6.45, 7) is 9.72. The van der Waals surface area contributed by atoms with Crippen molar-refractivity contribution >= 4 is 5.96 Å². The van der Waals surface area contributed by atoms with Crippen molar-refractivity contribution in [2.24, 2.45) is 10.9 Å². The third kappa shape index (κ3) is 5.47. The average Bonchev–Trinajstić information content (AvgIpc) is 2.95. The smallest absolute Gasteiger partial charge is 0.191 e. The molecule has 5 nitrogen and oxygen atoms in total. The van der Waals surface area contributed by atoms with E-state index in [2.05, 4.69) is 29.4 Å². The number of aliphatic hydroxyl groups is 1. The van der Waals surface area contributed by atoms with Crippen molar-refractivity contribution in [1.82, 2.24) is 15.5 Å². The van der Waals surface area contributed by atoms with Crippen molar-refractivity contribution in [2.75, 3.05) is 32.7 Å². The standard InChI is InChI=1S/C16H32N4O/c1-3-17-16(19-14-5-7-15(21)8-6-14)18-11-13-9-10-20(4-2)12-13/h13-15,21H,3-12H2,1-2H3,(H2,17,18,19). The molecule has 0 aromatic carbocycles. The Bertz CT molecular complexity index is 326. The van der Waals surface area contributed by atoms with E-state index in [-0.39, 0.29) is 6.10 Å². The van der Waals surface area contributed by atoms with Gasteiger partial charge in [0.25, 0.3) is 0 Å². The first-order valence-corrected chi connectivity index (χ1v) is 8.66. The van der Waals surface area contributed by atoms with Crippen molar-refractivity contribution in [2.45, 2.75) is 58.1 Å². The van der Waals surface area contributed by atoms with Gasteiger partial charge in [-0.15, -0.1) is 0 Å². The normalized spacial score (nSPS) is 31.4. The van der Waals surface area contributed by atoms with Gasteiger partial charge < -0.3 is 20.6 Å². The number of aliphatic imine (C=N–C) groups is 1. The molecule has 1 saturated carbocycles. The summed E-state index contributed by atoms with van der Waals surface area (Å²) in [5.41, 5.74) is 0. The van der Waals surface area contributed by atoms with Gasteiger partial charge in [0.15, 0.2) is 5.96 Å². The summed E-state index contributed by atoms with van der Waals surface area (Å²) in [6.07, 6.45) is 5.07. The van der Waals surface area contributed by atoms with Crippen LogP contribution in [-0.4, -0.2) is 60.8 Å². The number of hydrogen-bond acceptors (Lipinski definition) is 3. The minimum atomic E-state index is -0.0962. The largest absolute Gasteiger partial charge is 0.393 e. The van der Waals surface area contributed by atoms with Crippen LogP contribution < -0.4 is 10.6 Å². The van der Waals surface area contributed by atoms with E-state index in [1.165, 1.54) is 19.5 Å². The van der Waals surface area contributed by atoms with Crippen LogP contribution in [0.2, 0.25) is 0 Å². The van der Waals surface area contributed by atoms with Crippen LogP contribution >= 0.6 is 0 Å². The molecule has 0 spiro atoms. The molecule has 5 heteroatoms. The van der Waals surface area contributed by atoms with Gasteiger partial charge in [0.2, 0.25) is 0 Å². The lowest BCUT2D eigenvalue weighted by molar-refractivity contribution is 0.120. The van der Waals surface area contributed by atoms with Gasteiger partial charge in [-0.2, -0.15) is 0 Å². The Morgan fingerprint density at radius 3 is 2.57 bits per heavy atom. The summed E-state index contributed by atoms with van der Waals surface area (Å²) in [5, 5.41) is 16.5. The fourth-order valence-electron chi connectivity index (χ4n) is 3.30. The topological polar surface area (TPSA) is 59.9 Å². The number of nitrogens with zero attached hydrogens (tertiary/aromatic N) is 2. The van der Waals surface area contributed by atoms with Gasteiger partial charge in [0.1, 0.15) is 0 Å². The summed E-state index contributed by atoms with van der Waals surface area (Å²) in [5.74, 6) is 1.66. The Morgan fingerprint density at radius 2 is 1.95 bits per heavy atom. The summed E-state index contributed by atoms with van der Waals surface area (Å²) >= 11 is 0.